The lowest BCUT2D eigenvalue weighted by molar-refractivity contribution is 0.955. The van der Waals surface area contributed by atoms with E-state index in [4.69, 9.17) is 11.6 Å². The van der Waals surface area contributed by atoms with E-state index in [1.54, 1.807) is 0 Å². The zero-order valence-electron chi connectivity index (χ0n) is 11.8. The number of hydrogen-bond donors (Lipinski definition) is 1. The van der Waals surface area contributed by atoms with Crippen LogP contribution in [0.25, 0.3) is 0 Å². The van der Waals surface area contributed by atoms with Crippen molar-refractivity contribution < 1.29 is 0 Å². The summed E-state index contributed by atoms with van der Waals surface area (Å²) in [4.78, 5) is 6.56. The second kappa shape index (κ2) is 5.33. The Morgan fingerprint density at radius 1 is 1.30 bits per heavy atom. The van der Waals surface area contributed by atoms with E-state index < -0.39 is 0 Å². The molecule has 1 aliphatic rings. The van der Waals surface area contributed by atoms with Gasteiger partial charge in [-0.2, -0.15) is 0 Å². The van der Waals surface area contributed by atoms with Gasteiger partial charge in [-0.3, -0.25) is 0 Å². The van der Waals surface area contributed by atoms with Crippen LogP contribution < -0.4 is 10.2 Å². The number of likely N-dealkylation sites (N-methyl/N-ethyl adjacent to an activating group) is 1. The maximum Gasteiger partial charge on any atom is 0.129 e. The van der Waals surface area contributed by atoms with E-state index in [-0.39, 0.29) is 0 Å². The van der Waals surface area contributed by atoms with E-state index in [0.717, 1.165) is 30.9 Å². The number of fused-ring (bicyclic) bond motifs is 1. The standard InChI is InChI=1S/C16H18ClN3/c1-11-14(4-6-16(17)19-11)18-10-12-3-5-15-13(9-12)7-8-20(15)2/h3-6,9,18H,7-8,10H2,1-2H3. The van der Waals surface area contributed by atoms with Crippen LogP contribution in [-0.4, -0.2) is 18.6 Å². The van der Waals surface area contributed by atoms with Crippen LogP contribution in [0, 0.1) is 6.92 Å². The second-order valence-electron chi connectivity index (χ2n) is 5.26. The molecule has 0 bridgehead atoms. The highest BCUT2D eigenvalue weighted by molar-refractivity contribution is 6.29. The summed E-state index contributed by atoms with van der Waals surface area (Å²) in [5, 5.41) is 3.96. The van der Waals surface area contributed by atoms with E-state index >= 15 is 0 Å². The van der Waals surface area contributed by atoms with Crippen molar-refractivity contribution in [1.29, 1.82) is 0 Å². The van der Waals surface area contributed by atoms with Crippen molar-refractivity contribution in [2.75, 3.05) is 23.8 Å². The Bertz CT molecular complexity index is 640. The highest BCUT2D eigenvalue weighted by atomic mass is 35.5. The Hall–Kier alpha value is -1.74. The van der Waals surface area contributed by atoms with Gasteiger partial charge < -0.3 is 10.2 Å². The monoisotopic (exact) mass is 287 g/mol. The number of rotatable bonds is 3. The van der Waals surface area contributed by atoms with E-state index in [1.807, 2.05) is 19.1 Å². The number of aromatic nitrogens is 1. The second-order valence-corrected chi connectivity index (χ2v) is 5.64. The van der Waals surface area contributed by atoms with Gasteiger partial charge in [-0.25, -0.2) is 4.98 Å². The molecular formula is C16H18ClN3. The molecule has 1 N–H and O–H groups in total. The minimum atomic E-state index is 0.536. The molecule has 104 valence electrons. The summed E-state index contributed by atoms with van der Waals surface area (Å²) >= 11 is 5.87. The molecule has 1 aliphatic heterocycles. The lowest BCUT2D eigenvalue weighted by Gasteiger charge is -2.13. The molecule has 0 radical (unpaired) electrons. The van der Waals surface area contributed by atoms with Crippen molar-refractivity contribution >= 4 is 23.0 Å². The van der Waals surface area contributed by atoms with Crippen molar-refractivity contribution in [1.82, 2.24) is 4.98 Å². The van der Waals surface area contributed by atoms with Crippen molar-refractivity contribution in [3.8, 4) is 0 Å². The molecule has 0 fully saturated rings. The first-order chi connectivity index (χ1) is 9.63. The predicted molar refractivity (Wildman–Crippen MR) is 84.7 cm³/mol. The molecule has 0 spiro atoms. The number of hydrogen-bond acceptors (Lipinski definition) is 3. The Balaban J connectivity index is 1.73. The van der Waals surface area contributed by atoms with E-state index in [2.05, 4.69) is 40.4 Å². The molecule has 1 aromatic heterocycles. The first-order valence-electron chi connectivity index (χ1n) is 6.83. The Kier molecular flexibility index (Phi) is 3.53. The number of benzene rings is 1. The SMILES string of the molecule is Cc1nc(Cl)ccc1NCc1ccc2c(c1)CCN2C. The van der Waals surface area contributed by atoms with Crippen LogP contribution in [0.1, 0.15) is 16.8 Å². The number of anilines is 2. The first-order valence-corrected chi connectivity index (χ1v) is 7.21. The lowest BCUT2D eigenvalue weighted by Crippen LogP contribution is -2.12. The van der Waals surface area contributed by atoms with Crippen LogP contribution in [0.3, 0.4) is 0 Å². The smallest absolute Gasteiger partial charge is 0.129 e. The van der Waals surface area contributed by atoms with Crippen molar-refractivity contribution in [2.24, 2.45) is 0 Å². The van der Waals surface area contributed by atoms with E-state index in [9.17, 15) is 0 Å². The van der Waals surface area contributed by atoms with Crippen molar-refractivity contribution in [3.05, 3.63) is 52.3 Å². The molecule has 0 saturated heterocycles. The number of halogens is 1. The number of pyridine rings is 1. The molecule has 0 unspecified atom stereocenters. The van der Waals surface area contributed by atoms with Gasteiger partial charge >= 0.3 is 0 Å². The van der Waals surface area contributed by atoms with Crippen molar-refractivity contribution in [2.45, 2.75) is 19.9 Å². The topological polar surface area (TPSA) is 28.2 Å². The van der Waals surface area contributed by atoms with Gasteiger partial charge in [0.1, 0.15) is 5.15 Å². The van der Waals surface area contributed by atoms with Crippen LogP contribution >= 0.6 is 11.6 Å². The summed E-state index contributed by atoms with van der Waals surface area (Å²) in [5.74, 6) is 0. The molecular weight excluding hydrogens is 270 g/mol. The van der Waals surface area contributed by atoms with Gasteiger partial charge in [-0.1, -0.05) is 23.7 Å². The molecule has 20 heavy (non-hydrogen) atoms. The molecule has 3 nitrogen and oxygen atoms in total. The summed E-state index contributed by atoms with van der Waals surface area (Å²) in [7, 11) is 2.15. The average Bonchev–Trinajstić information content (AvgIpc) is 2.79. The van der Waals surface area contributed by atoms with Crippen LogP contribution in [0.2, 0.25) is 5.15 Å². The van der Waals surface area contributed by atoms with Gasteiger partial charge in [-0.05, 0) is 42.7 Å². The Labute approximate surface area is 124 Å². The highest BCUT2D eigenvalue weighted by Crippen LogP contribution is 2.27. The van der Waals surface area contributed by atoms with Crippen LogP contribution in [0.15, 0.2) is 30.3 Å². The normalized spacial score (nSPS) is 13.4. The van der Waals surface area contributed by atoms with Gasteiger partial charge in [0.25, 0.3) is 0 Å². The van der Waals surface area contributed by atoms with Crippen molar-refractivity contribution in [3.63, 3.8) is 0 Å². The Morgan fingerprint density at radius 3 is 2.95 bits per heavy atom. The number of aryl methyl sites for hydroxylation is 1. The maximum absolute atomic E-state index is 5.87. The quantitative estimate of drug-likeness (QED) is 0.874. The highest BCUT2D eigenvalue weighted by Gasteiger charge is 2.15. The lowest BCUT2D eigenvalue weighted by atomic mass is 10.1. The minimum Gasteiger partial charge on any atom is -0.380 e. The molecule has 2 heterocycles. The van der Waals surface area contributed by atoms with E-state index in [0.29, 0.717) is 5.15 Å². The maximum atomic E-state index is 5.87. The first kappa shape index (κ1) is 13.3. The largest absolute Gasteiger partial charge is 0.380 e. The number of nitrogens with one attached hydrogen (secondary N) is 1. The molecule has 2 aromatic rings. The predicted octanol–water partition coefficient (Wildman–Crippen LogP) is 3.65. The third-order valence-corrected chi connectivity index (χ3v) is 4.02. The molecule has 4 heteroatoms. The van der Waals surface area contributed by atoms with Crippen LogP contribution in [-0.2, 0) is 13.0 Å². The van der Waals surface area contributed by atoms with E-state index in [1.165, 1.54) is 16.8 Å². The zero-order valence-corrected chi connectivity index (χ0v) is 12.5. The van der Waals surface area contributed by atoms with Crippen LogP contribution in [0.4, 0.5) is 11.4 Å². The minimum absolute atomic E-state index is 0.536. The summed E-state index contributed by atoms with van der Waals surface area (Å²) < 4.78 is 0. The Morgan fingerprint density at radius 2 is 2.15 bits per heavy atom. The third-order valence-electron chi connectivity index (χ3n) is 3.81. The average molecular weight is 288 g/mol. The van der Waals surface area contributed by atoms with Gasteiger partial charge in [0.15, 0.2) is 0 Å². The summed E-state index contributed by atoms with van der Waals surface area (Å²) in [6.07, 6.45) is 1.14. The fraction of sp³-hybridized carbons (Fsp3) is 0.312. The van der Waals surface area contributed by atoms with Gasteiger partial charge in [0.2, 0.25) is 0 Å². The molecule has 0 aliphatic carbocycles. The third kappa shape index (κ3) is 2.59. The van der Waals surface area contributed by atoms with Gasteiger partial charge in [-0.15, -0.1) is 0 Å². The molecule has 0 saturated carbocycles. The zero-order chi connectivity index (χ0) is 14.1. The molecule has 1 aromatic carbocycles. The summed E-state index contributed by atoms with van der Waals surface area (Å²) in [6.45, 7) is 3.89. The van der Waals surface area contributed by atoms with Crippen LogP contribution in [0.5, 0.6) is 0 Å². The molecule has 3 rings (SSSR count). The van der Waals surface area contributed by atoms with Gasteiger partial charge in [0.05, 0.1) is 11.4 Å². The number of nitrogens with zero attached hydrogens (tertiary/aromatic N) is 2. The molecule has 0 atom stereocenters. The van der Waals surface area contributed by atoms with Gasteiger partial charge in [0, 0.05) is 25.8 Å². The fourth-order valence-corrected chi connectivity index (χ4v) is 2.83. The molecule has 0 amide bonds. The summed E-state index contributed by atoms with van der Waals surface area (Å²) in [6, 6.07) is 10.5. The summed E-state index contributed by atoms with van der Waals surface area (Å²) in [5.41, 5.74) is 6.06. The fourth-order valence-electron chi connectivity index (χ4n) is 2.64.